The van der Waals surface area contributed by atoms with Gasteiger partial charge in [-0.15, -0.1) is 0 Å². The van der Waals surface area contributed by atoms with Gasteiger partial charge in [-0.2, -0.15) is 0 Å². The molecule has 0 radical (unpaired) electrons. The lowest BCUT2D eigenvalue weighted by atomic mass is 10.2. The van der Waals surface area contributed by atoms with E-state index >= 15 is 0 Å². The van der Waals surface area contributed by atoms with Gasteiger partial charge in [0.1, 0.15) is 0 Å². The van der Waals surface area contributed by atoms with Gasteiger partial charge in [-0.3, -0.25) is 9.52 Å². The zero-order valence-electron chi connectivity index (χ0n) is 17.9. The van der Waals surface area contributed by atoms with E-state index in [0.29, 0.717) is 24.3 Å². The van der Waals surface area contributed by atoms with Gasteiger partial charge in [0.25, 0.3) is 15.9 Å². The smallest absolute Gasteiger partial charge is 0.255 e. The van der Waals surface area contributed by atoms with Crippen molar-refractivity contribution in [3.63, 3.8) is 0 Å². The Balaban J connectivity index is 1.47. The molecule has 32 heavy (non-hydrogen) atoms. The number of likely N-dealkylation sites (N-methyl/N-ethyl adjacent to an activating group) is 1. The largest absolute Gasteiger partial charge is 0.351 e. The first-order valence-electron chi connectivity index (χ1n) is 10.3. The summed E-state index contributed by atoms with van der Waals surface area (Å²) in [5.41, 5.74) is 2.87. The third-order valence-electron chi connectivity index (χ3n) is 4.72. The fraction of sp³-hybridized carbons (Fsp3) is 0.160. The number of anilines is 1. The number of hydrogen-bond donors (Lipinski definition) is 2. The second-order valence-electron chi connectivity index (χ2n) is 7.42. The van der Waals surface area contributed by atoms with E-state index in [1.807, 2.05) is 55.6 Å². The highest BCUT2D eigenvalue weighted by Gasteiger charge is 2.09. The molecule has 7 heteroatoms. The number of amides is 1. The molecule has 0 aromatic heterocycles. The number of benzene rings is 3. The first kappa shape index (κ1) is 23.2. The van der Waals surface area contributed by atoms with Crippen LogP contribution >= 0.6 is 0 Å². The van der Waals surface area contributed by atoms with Crippen LogP contribution in [0, 0.1) is 0 Å². The second-order valence-corrected chi connectivity index (χ2v) is 8.98. The van der Waals surface area contributed by atoms with Gasteiger partial charge in [-0.25, -0.2) is 8.42 Å². The van der Waals surface area contributed by atoms with Gasteiger partial charge in [0.05, 0.1) is 5.41 Å². The third kappa shape index (κ3) is 7.68. The van der Waals surface area contributed by atoms with E-state index in [9.17, 15) is 13.2 Å². The first-order chi connectivity index (χ1) is 15.4. The van der Waals surface area contributed by atoms with E-state index < -0.39 is 10.0 Å². The minimum absolute atomic E-state index is 0.198. The molecule has 6 nitrogen and oxygen atoms in total. The number of nitrogens with zero attached hydrogens (tertiary/aromatic N) is 1. The Labute approximate surface area is 189 Å². The van der Waals surface area contributed by atoms with Crippen molar-refractivity contribution in [2.24, 2.45) is 0 Å². The topological polar surface area (TPSA) is 78.5 Å². The molecule has 3 aromatic carbocycles. The number of carbonyl (C=O) groups is 1. The average Bonchev–Trinajstić information content (AvgIpc) is 2.79. The molecule has 3 aromatic rings. The van der Waals surface area contributed by atoms with Crippen LogP contribution in [0.2, 0.25) is 0 Å². The van der Waals surface area contributed by atoms with E-state index in [2.05, 4.69) is 27.1 Å². The van der Waals surface area contributed by atoms with Crippen LogP contribution < -0.4 is 10.0 Å². The van der Waals surface area contributed by atoms with Gasteiger partial charge in [0.2, 0.25) is 0 Å². The van der Waals surface area contributed by atoms with Crippen LogP contribution in [0.3, 0.4) is 0 Å². The lowest BCUT2D eigenvalue weighted by molar-refractivity contribution is 0.0949. The van der Waals surface area contributed by atoms with Crippen molar-refractivity contribution >= 4 is 27.7 Å². The monoisotopic (exact) mass is 449 g/mol. The van der Waals surface area contributed by atoms with Crippen LogP contribution in [0.25, 0.3) is 6.08 Å². The molecule has 0 heterocycles. The zero-order valence-corrected chi connectivity index (χ0v) is 18.8. The number of rotatable bonds is 10. The molecule has 0 spiro atoms. The Morgan fingerprint density at radius 3 is 2.19 bits per heavy atom. The van der Waals surface area contributed by atoms with Gasteiger partial charge in [0.15, 0.2) is 0 Å². The normalized spacial score (nSPS) is 11.6. The standard InChI is InChI=1S/C25H27N3O3S/c1-28(20-22-10-6-3-7-11-22)18-17-26-25(29)23-12-14-24(15-13-23)27-32(30,31)19-16-21-8-4-2-5-9-21/h2-16,19,27H,17-18,20H2,1H3,(H,26,29)/b19-16+. The van der Waals surface area contributed by atoms with E-state index in [-0.39, 0.29) is 5.91 Å². The predicted octanol–water partition coefficient (Wildman–Crippen LogP) is 3.96. The Hall–Kier alpha value is -3.42. The maximum atomic E-state index is 12.4. The third-order valence-corrected chi connectivity index (χ3v) is 5.74. The van der Waals surface area contributed by atoms with Gasteiger partial charge in [-0.05, 0) is 48.5 Å². The van der Waals surface area contributed by atoms with Crippen LogP contribution in [0.1, 0.15) is 21.5 Å². The summed E-state index contributed by atoms with van der Waals surface area (Å²) in [6.07, 6.45) is 1.53. The Kier molecular flexibility index (Phi) is 8.19. The number of sulfonamides is 1. The number of hydrogen-bond acceptors (Lipinski definition) is 4. The van der Waals surface area contributed by atoms with Crippen LogP contribution in [-0.4, -0.2) is 39.4 Å². The molecule has 0 saturated carbocycles. The Morgan fingerprint density at radius 1 is 0.906 bits per heavy atom. The molecule has 3 rings (SSSR count). The van der Waals surface area contributed by atoms with Crippen LogP contribution in [0.5, 0.6) is 0 Å². The first-order valence-corrected chi connectivity index (χ1v) is 11.8. The van der Waals surface area contributed by atoms with Crippen LogP contribution in [0.15, 0.2) is 90.3 Å². The molecule has 2 N–H and O–H groups in total. The quantitative estimate of drug-likeness (QED) is 0.491. The van der Waals surface area contributed by atoms with Crippen molar-refractivity contribution in [1.29, 1.82) is 0 Å². The molecule has 0 aliphatic rings. The van der Waals surface area contributed by atoms with Crippen LogP contribution in [0.4, 0.5) is 5.69 Å². The number of nitrogens with one attached hydrogen (secondary N) is 2. The van der Waals surface area contributed by atoms with Crippen molar-refractivity contribution in [2.75, 3.05) is 24.9 Å². The van der Waals surface area contributed by atoms with Crippen molar-refractivity contribution in [3.8, 4) is 0 Å². The highest BCUT2D eigenvalue weighted by molar-refractivity contribution is 7.95. The fourth-order valence-electron chi connectivity index (χ4n) is 3.06. The molecule has 0 unspecified atom stereocenters. The summed E-state index contributed by atoms with van der Waals surface area (Å²) in [5, 5.41) is 4.01. The molecule has 1 amide bonds. The molecular formula is C25H27N3O3S. The van der Waals surface area contributed by atoms with Crippen LogP contribution in [-0.2, 0) is 16.6 Å². The van der Waals surface area contributed by atoms with E-state index in [1.165, 1.54) is 11.6 Å². The molecule has 0 saturated heterocycles. The Morgan fingerprint density at radius 2 is 1.53 bits per heavy atom. The van der Waals surface area contributed by atoms with Gasteiger partial charge >= 0.3 is 0 Å². The van der Waals surface area contributed by atoms with E-state index in [1.54, 1.807) is 24.3 Å². The minimum Gasteiger partial charge on any atom is -0.351 e. The number of carbonyl (C=O) groups excluding carboxylic acids is 1. The molecular weight excluding hydrogens is 422 g/mol. The van der Waals surface area contributed by atoms with Crippen molar-refractivity contribution in [1.82, 2.24) is 10.2 Å². The molecule has 166 valence electrons. The lowest BCUT2D eigenvalue weighted by Gasteiger charge is -2.17. The van der Waals surface area contributed by atoms with E-state index in [0.717, 1.165) is 17.5 Å². The average molecular weight is 450 g/mol. The maximum Gasteiger partial charge on any atom is 0.255 e. The summed E-state index contributed by atoms with van der Waals surface area (Å²) in [4.78, 5) is 14.5. The highest BCUT2D eigenvalue weighted by Crippen LogP contribution is 2.13. The van der Waals surface area contributed by atoms with Crippen molar-refractivity contribution in [3.05, 3.63) is 107 Å². The summed E-state index contributed by atoms with van der Waals surface area (Å²) in [5.74, 6) is -0.198. The fourth-order valence-corrected chi connectivity index (χ4v) is 3.93. The van der Waals surface area contributed by atoms with Crippen molar-refractivity contribution in [2.45, 2.75) is 6.54 Å². The Bertz CT molecular complexity index is 1130. The van der Waals surface area contributed by atoms with Crippen molar-refractivity contribution < 1.29 is 13.2 Å². The molecule has 0 bridgehead atoms. The highest BCUT2D eigenvalue weighted by atomic mass is 32.2. The maximum absolute atomic E-state index is 12.4. The second kappa shape index (κ2) is 11.3. The van der Waals surface area contributed by atoms with E-state index in [4.69, 9.17) is 0 Å². The van der Waals surface area contributed by atoms with Gasteiger partial charge in [-0.1, -0.05) is 60.7 Å². The zero-order chi connectivity index (χ0) is 22.8. The summed E-state index contributed by atoms with van der Waals surface area (Å²) < 4.78 is 27.0. The summed E-state index contributed by atoms with van der Waals surface area (Å²) in [7, 11) is -1.65. The molecule has 0 fully saturated rings. The predicted molar refractivity (Wildman–Crippen MR) is 130 cm³/mol. The minimum atomic E-state index is -3.65. The lowest BCUT2D eigenvalue weighted by Crippen LogP contribution is -2.32. The molecule has 0 atom stereocenters. The summed E-state index contributed by atoms with van der Waals surface area (Å²) >= 11 is 0. The molecule has 0 aliphatic carbocycles. The SMILES string of the molecule is CN(CCNC(=O)c1ccc(NS(=O)(=O)/C=C/c2ccccc2)cc1)Cc1ccccc1. The summed E-state index contributed by atoms with van der Waals surface area (Å²) in [6, 6.07) is 25.7. The molecule has 0 aliphatic heterocycles. The van der Waals surface area contributed by atoms with Gasteiger partial charge in [0, 0.05) is 30.9 Å². The summed E-state index contributed by atoms with van der Waals surface area (Å²) in [6.45, 7) is 2.04. The van der Waals surface area contributed by atoms with Gasteiger partial charge < -0.3 is 10.2 Å².